The Morgan fingerprint density at radius 3 is 2.41 bits per heavy atom. The van der Waals surface area contributed by atoms with E-state index in [1.807, 2.05) is 31.2 Å². The first-order valence-corrected chi connectivity index (χ1v) is 12.2. The Labute approximate surface area is 202 Å². The summed E-state index contributed by atoms with van der Waals surface area (Å²) in [5.41, 5.74) is 10.2. The van der Waals surface area contributed by atoms with Gasteiger partial charge in [-0.25, -0.2) is 4.79 Å². The molecule has 2 aromatic carbocycles. The van der Waals surface area contributed by atoms with E-state index in [-0.39, 0.29) is 11.9 Å². The molecule has 184 valence electrons. The average Bonchev–Trinajstić information content (AvgIpc) is 2.85. The molecule has 2 aromatic rings. The summed E-state index contributed by atoms with van der Waals surface area (Å²) < 4.78 is 0. The fraction of sp³-hybridized carbons (Fsp3) is 0.481. The maximum atomic E-state index is 12.7. The number of carboxylic acids is 1. The number of nitrogens with zero attached hydrogens (tertiary/aromatic N) is 1. The number of amides is 1. The maximum absolute atomic E-state index is 12.7. The van der Waals surface area contributed by atoms with Crippen LogP contribution < -0.4 is 16.4 Å². The highest BCUT2D eigenvalue weighted by molar-refractivity contribution is 5.87. The van der Waals surface area contributed by atoms with Crippen molar-refractivity contribution in [1.29, 1.82) is 0 Å². The fourth-order valence-electron chi connectivity index (χ4n) is 4.48. The van der Waals surface area contributed by atoms with Crippen LogP contribution in [-0.4, -0.2) is 53.6 Å². The largest absolute Gasteiger partial charge is 0.478 e. The van der Waals surface area contributed by atoms with Gasteiger partial charge in [0.25, 0.3) is 0 Å². The zero-order valence-corrected chi connectivity index (χ0v) is 20.3. The lowest BCUT2D eigenvalue weighted by Crippen LogP contribution is -2.54. The van der Waals surface area contributed by atoms with Gasteiger partial charge in [-0.15, -0.1) is 0 Å². The number of aromatic carboxylic acids is 1. The van der Waals surface area contributed by atoms with E-state index in [1.165, 1.54) is 11.1 Å². The summed E-state index contributed by atoms with van der Waals surface area (Å²) in [4.78, 5) is 26.1. The molecule has 0 radical (unpaired) electrons. The molecule has 34 heavy (non-hydrogen) atoms. The monoisotopic (exact) mass is 466 g/mol. The van der Waals surface area contributed by atoms with Crippen molar-refractivity contribution in [3.63, 3.8) is 0 Å². The highest BCUT2D eigenvalue weighted by Crippen LogP contribution is 2.19. The van der Waals surface area contributed by atoms with Gasteiger partial charge in [0.2, 0.25) is 5.91 Å². The Hall–Kier alpha value is -2.74. The van der Waals surface area contributed by atoms with E-state index in [0.29, 0.717) is 24.6 Å². The number of piperidine rings is 1. The van der Waals surface area contributed by atoms with Gasteiger partial charge >= 0.3 is 5.97 Å². The quantitative estimate of drug-likeness (QED) is 0.406. The first-order chi connectivity index (χ1) is 16.4. The summed E-state index contributed by atoms with van der Waals surface area (Å²) in [5, 5.41) is 15.6. The van der Waals surface area contributed by atoms with Gasteiger partial charge in [-0.2, -0.15) is 0 Å². The van der Waals surface area contributed by atoms with Crippen LogP contribution in [0, 0.1) is 12.8 Å². The molecule has 2 atom stereocenters. The minimum Gasteiger partial charge on any atom is -0.478 e. The van der Waals surface area contributed by atoms with E-state index in [0.717, 1.165) is 44.5 Å². The molecular weight excluding hydrogens is 428 g/mol. The van der Waals surface area contributed by atoms with Crippen LogP contribution in [0.5, 0.6) is 0 Å². The molecule has 1 amide bonds. The fourth-order valence-corrected chi connectivity index (χ4v) is 4.48. The highest BCUT2D eigenvalue weighted by Gasteiger charge is 2.25. The molecule has 1 aliphatic rings. The Morgan fingerprint density at radius 2 is 1.79 bits per heavy atom. The Balaban J connectivity index is 1.38. The third-order valence-corrected chi connectivity index (χ3v) is 6.87. The molecule has 5 N–H and O–H groups in total. The van der Waals surface area contributed by atoms with Crippen LogP contribution >= 0.6 is 0 Å². The van der Waals surface area contributed by atoms with Crippen molar-refractivity contribution >= 4 is 11.9 Å². The molecule has 1 aliphatic heterocycles. The lowest BCUT2D eigenvalue weighted by molar-refractivity contribution is -0.123. The standard InChI is InChI=1S/C27H38N4O3/c1-3-24(29-17-23-7-5-4-6-19(23)2)25(28)26(32)30-16-20-12-14-31(15-13-20)18-21-8-10-22(11-9-21)27(33)34/h4-11,20,24-25,29H,3,12-18,28H2,1-2H3,(H,30,32)(H,33,34). The number of hydrogen-bond donors (Lipinski definition) is 4. The van der Waals surface area contributed by atoms with Gasteiger partial charge in [0.15, 0.2) is 0 Å². The minimum atomic E-state index is -0.901. The molecule has 1 fully saturated rings. The Bertz CT molecular complexity index is 939. The second-order valence-corrected chi connectivity index (χ2v) is 9.31. The summed E-state index contributed by atoms with van der Waals surface area (Å²) in [6.07, 6.45) is 2.82. The van der Waals surface area contributed by atoms with Crippen LogP contribution in [0.3, 0.4) is 0 Å². The molecule has 0 aliphatic carbocycles. The zero-order chi connectivity index (χ0) is 24.5. The van der Waals surface area contributed by atoms with E-state index in [9.17, 15) is 9.59 Å². The normalized spacial score (nSPS) is 16.7. The van der Waals surface area contributed by atoms with E-state index in [2.05, 4.69) is 34.6 Å². The van der Waals surface area contributed by atoms with E-state index >= 15 is 0 Å². The van der Waals surface area contributed by atoms with Gasteiger partial charge in [-0.3, -0.25) is 9.69 Å². The van der Waals surface area contributed by atoms with Crippen molar-refractivity contribution in [2.75, 3.05) is 19.6 Å². The molecule has 0 aromatic heterocycles. The first-order valence-electron chi connectivity index (χ1n) is 12.2. The number of rotatable bonds is 11. The minimum absolute atomic E-state index is 0.0750. The number of benzene rings is 2. The summed E-state index contributed by atoms with van der Waals surface area (Å²) in [7, 11) is 0. The molecule has 7 heteroatoms. The topological polar surface area (TPSA) is 108 Å². The van der Waals surface area contributed by atoms with Crippen molar-refractivity contribution in [2.24, 2.45) is 11.7 Å². The first kappa shape index (κ1) is 25.9. The van der Waals surface area contributed by atoms with Gasteiger partial charge in [-0.05, 0) is 74.0 Å². The van der Waals surface area contributed by atoms with Crippen LogP contribution in [0.4, 0.5) is 0 Å². The molecular formula is C27H38N4O3. The van der Waals surface area contributed by atoms with Gasteiger partial charge < -0.3 is 21.5 Å². The highest BCUT2D eigenvalue weighted by atomic mass is 16.4. The van der Waals surface area contributed by atoms with Gasteiger partial charge in [-0.1, -0.05) is 43.3 Å². The third-order valence-electron chi connectivity index (χ3n) is 6.87. The lowest BCUT2D eigenvalue weighted by Gasteiger charge is -2.32. The molecule has 1 heterocycles. The number of carboxylic acid groups (broad SMARTS) is 1. The Kier molecular flexibility index (Phi) is 9.62. The number of hydrogen-bond acceptors (Lipinski definition) is 5. The zero-order valence-electron chi connectivity index (χ0n) is 20.3. The van der Waals surface area contributed by atoms with Crippen LogP contribution in [0.2, 0.25) is 0 Å². The second-order valence-electron chi connectivity index (χ2n) is 9.31. The van der Waals surface area contributed by atoms with Crippen molar-refractivity contribution in [3.8, 4) is 0 Å². The van der Waals surface area contributed by atoms with E-state index < -0.39 is 12.0 Å². The number of nitrogens with two attached hydrogens (primary N) is 1. The van der Waals surface area contributed by atoms with Gasteiger partial charge in [0, 0.05) is 25.7 Å². The SMILES string of the molecule is CCC(NCc1ccccc1C)C(N)C(=O)NCC1CCN(Cc2ccc(C(=O)O)cc2)CC1. The second kappa shape index (κ2) is 12.6. The lowest BCUT2D eigenvalue weighted by atomic mass is 9.96. The van der Waals surface area contributed by atoms with Crippen molar-refractivity contribution in [1.82, 2.24) is 15.5 Å². The number of likely N-dealkylation sites (tertiary alicyclic amines) is 1. The smallest absolute Gasteiger partial charge is 0.335 e. The van der Waals surface area contributed by atoms with Crippen molar-refractivity contribution in [3.05, 3.63) is 70.8 Å². The molecule has 3 rings (SSSR count). The average molecular weight is 467 g/mol. The third kappa shape index (κ3) is 7.38. The predicted molar refractivity (Wildman–Crippen MR) is 134 cm³/mol. The van der Waals surface area contributed by atoms with E-state index in [4.69, 9.17) is 10.8 Å². The van der Waals surface area contributed by atoms with Gasteiger partial charge in [0.1, 0.15) is 0 Å². The number of carbonyl (C=O) groups is 2. The van der Waals surface area contributed by atoms with Crippen molar-refractivity contribution < 1.29 is 14.7 Å². The van der Waals surface area contributed by atoms with Crippen LogP contribution in [-0.2, 0) is 17.9 Å². The summed E-state index contributed by atoms with van der Waals surface area (Å²) in [6, 6.07) is 14.7. The predicted octanol–water partition coefficient (Wildman–Crippen LogP) is 2.92. The molecule has 1 saturated heterocycles. The molecule has 0 saturated carbocycles. The molecule has 7 nitrogen and oxygen atoms in total. The maximum Gasteiger partial charge on any atom is 0.335 e. The van der Waals surface area contributed by atoms with Gasteiger partial charge in [0.05, 0.1) is 11.6 Å². The molecule has 2 unspecified atom stereocenters. The molecule has 0 bridgehead atoms. The van der Waals surface area contributed by atoms with Crippen LogP contribution in [0.1, 0.15) is 53.2 Å². The van der Waals surface area contributed by atoms with Crippen LogP contribution in [0.15, 0.2) is 48.5 Å². The van der Waals surface area contributed by atoms with Crippen molar-refractivity contribution in [2.45, 2.75) is 58.3 Å². The number of aryl methyl sites for hydroxylation is 1. The summed E-state index contributed by atoms with van der Waals surface area (Å²) in [5.74, 6) is -0.548. The van der Waals surface area contributed by atoms with E-state index in [1.54, 1.807) is 12.1 Å². The number of carbonyl (C=O) groups excluding carboxylic acids is 1. The molecule has 0 spiro atoms. The summed E-state index contributed by atoms with van der Waals surface area (Å²) in [6.45, 7) is 8.23. The summed E-state index contributed by atoms with van der Waals surface area (Å²) >= 11 is 0. The number of nitrogens with one attached hydrogen (secondary N) is 2. The Morgan fingerprint density at radius 1 is 1.12 bits per heavy atom. The van der Waals surface area contributed by atoms with Crippen LogP contribution in [0.25, 0.3) is 0 Å².